The normalized spacial score (nSPS) is 19.7. The van der Waals surface area contributed by atoms with E-state index < -0.39 is 6.10 Å². The molecule has 0 radical (unpaired) electrons. The van der Waals surface area contributed by atoms with E-state index >= 15 is 0 Å². The number of hydrogen-bond acceptors (Lipinski definition) is 3. The van der Waals surface area contributed by atoms with E-state index in [-0.39, 0.29) is 5.82 Å². The van der Waals surface area contributed by atoms with Crippen LogP contribution in [-0.2, 0) is 0 Å². The van der Waals surface area contributed by atoms with Gasteiger partial charge in [-0.05, 0) is 45.1 Å². The number of aliphatic hydroxyl groups is 1. The van der Waals surface area contributed by atoms with Crippen LogP contribution in [0.5, 0.6) is 0 Å². The molecule has 0 amide bonds. The third-order valence-electron chi connectivity index (χ3n) is 3.50. The number of likely N-dealkylation sites (N-methyl/N-ethyl adjacent to an activating group) is 1. The topological polar surface area (TPSA) is 26.7 Å². The van der Waals surface area contributed by atoms with E-state index in [0.29, 0.717) is 5.56 Å². The largest absolute Gasteiger partial charge is 0.389 e. The summed E-state index contributed by atoms with van der Waals surface area (Å²) in [4.78, 5) is 4.54. The lowest BCUT2D eigenvalue weighted by molar-refractivity contribution is 0.199. The predicted octanol–water partition coefficient (Wildman–Crippen LogP) is 2.02. The summed E-state index contributed by atoms with van der Waals surface area (Å²) in [6.07, 6.45) is 0.448. The Labute approximate surface area is 108 Å². The van der Waals surface area contributed by atoms with E-state index in [1.807, 2.05) is 0 Å². The molecule has 1 unspecified atom stereocenters. The number of rotatable bonds is 2. The van der Waals surface area contributed by atoms with Crippen LogP contribution in [0.4, 0.5) is 10.1 Å². The van der Waals surface area contributed by atoms with Crippen LogP contribution in [0.1, 0.15) is 25.0 Å². The molecule has 18 heavy (non-hydrogen) atoms. The SMILES string of the molecule is CC(O)c1cc(F)ccc1N1CCCN(C)CC1. The van der Waals surface area contributed by atoms with Crippen molar-refractivity contribution in [2.75, 3.05) is 38.1 Å². The Kier molecular flexibility index (Phi) is 4.19. The second kappa shape index (κ2) is 5.67. The minimum absolute atomic E-state index is 0.290. The molecule has 1 heterocycles. The molecule has 1 aliphatic rings. The average Bonchev–Trinajstić information content (AvgIpc) is 2.54. The maximum Gasteiger partial charge on any atom is 0.123 e. The molecule has 1 N–H and O–H groups in total. The van der Waals surface area contributed by atoms with Gasteiger partial charge in [-0.2, -0.15) is 0 Å². The Morgan fingerprint density at radius 3 is 2.72 bits per heavy atom. The monoisotopic (exact) mass is 252 g/mol. The summed E-state index contributed by atoms with van der Waals surface area (Å²) in [5.41, 5.74) is 1.64. The van der Waals surface area contributed by atoms with E-state index in [9.17, 15) is 9.50 Å². The Morgan fingerprint density at radius 2 is 2.00 bits per heavy atom. The van der Waals surface area contributed by atoms with Gasteiger partial charge in [0.25, 0.3) is 0 Å². The van der Waals surface area contributed by atoms with Crippen LogP contribution in [0.3, 0.4) is 0 Å². The van der Waals surface area contributed by atoms with Crippen molar-refractivity contribution in [2.24, 2.45) is 0 Å². The van der Waals surface area contributed by atoms with Gasteiger partial charge in [0.15, 0.2) is 0 Å². The van der Waals surface area contributed by atoms with Crippen molar-refractivity contribution in [3.8, 4) is 0 Å². The van der Waals surface area contributed by atoms with E-state index in [4.69, 9.17) is 0 Å². The second-order valence-electron chi connectivity index (χ2n) is 5.02. The number of anilines is 1. The molecule has 100 valence electrons. The summed E-state index contributed by atoms with van der Waals surface area (Å²) in [5.74, 6) is -0.290. The number of halogens is 1. The van der Waals surface area contributed by atoms with Crippen LogP contribution in [0, 0.1) is 5.82 Å². The summed E-state index contributed by atoms with van der Waals surface area (Å²) < 4.78 is 13.3. The third-order valence-corrected chi connectivity index (χ3v) is 3.50. The highest BCUT2D eigenvalue weighted by Gasteiger charge is 2.17. The molecule has 0 spiro atoms. The highest BCUT2D eigenvalue weighted by atomic mass is 19.1. The zero-order chi connectivity index (χ0) is 13.1. The van der Waals surface area contributed by atoms with Gasteiger partial charge in [-0.15, -0.1) is 0 Å². The first-order chi connectivity index (χ1) is 8.58. The predicted molar refractivity (Wildman–Crippen MR) is 71.4 cm³/mol. The lowest BCUT2D eigenvalue weighted by Crippen LogP contribution is -2.29. The van der Waals surface area contributed by atoms with E-state index in [2.05, 4.69) is 16.8 Å². The van der Waals surface area contributed by atoms with Crippen molar-refractivity contribution in [3.05, 3.63) is 29.6 Å². The maximum atomic E-state index is 13.3. The molecule has 0 aromatic heterocycles. The molecule has 4 heteroatoms. The van der Waals surface area contributed by atoms with Gasteiger partial charge in [-0.3, -0.25) is 0 Å². The third kappa shape index (κ3) is 3.00. The lowest BCUT2D eigenvalue weighted by atomic mass is 10.1. The van der Waals surface area contributed by atoms with Crippen molar-refractivity contribution < 1.29 is 9.50 Å². The summed E-state index contributed by atoms with van der Waals surface area (Å²) >= 11 is 0. The van der Waals surface area contributed by atoms with Crippen molar-refractivity contribution in [2.45, 2.75) is 19.4 Å². The first kappa shape index (κ1) is 13.3. The smallest absolute Gasteiger partial charge is 0.123 e. The number of nitrogens with zero attached hydrogens (tertiary/aromatic N) is 2. The standard InChI is InChI=1S/C14H21FN2O/c1-11(18)13-10-12(15)4-5-14(13)17-7-3-6-16(2)8-9-17/h4-5,10-11,18H,3,6-9H2,1-2H3. The van der Waals surface area contributed by atoms with Gasteiger partial charge >= 0.3 is 0 Å². The van der Waals surface area contributed by atoms with Crippen LogP contribution in [0.15, 0.2) is 18.2 Å². The van der Waals surface area contributed by atoms with Crippen LogP contribution in [0.2, 0.25) is 0 Å². The summed E-state index contributed by atoms with van der Waals surface area (Å²) in [6.45, 7) is 5.64. The van der Waals surface area contributed by atoms with Crippen LogP contribution < -0.4 is 4.90 Å². The average molecular weight is 252 g/mol. The molecule has 1 aliphatic heterocycles. The van der Waals surface area contributed by atoms with Crippen molar-refractivity contribution in [1.82, 2.24) is 4.90 Å². The van der Waals surface area contributed by atoms with Gasteiger partial charge in [-0.1, -0.05) is 0 Å². The van der Waals surface area contributed by atoms with Gasteiger partial charge in [0.2, 0.25) is 0 Å². The Bertz CT molecular complexity index is 409. The lowest BCUT2D eigenvalue weighted by Gasteiger charge is -2.26. The van der Waals surface area contributed by atoms with Crippen molar-refractivity contribution in [1.29, 1.82) is 0 Å². The van der Waals surface area contributed by atoms with E-state index in [0.717, 1.165) is 38.3 Å². The zero-order valence-electron chi connectivity index (χ0n) is 11.1. The van der Waals surface area contributed by atoms with Crippen molar-refractivity contribution >= 4 is 5.69 Å². The Morgan fingerprint density at radius 1 is 1.22 bits per heavy atom. The van der Waals surface area contributed by atoms with Crippen LogP contribution in [-0.4, -0.2) is 43.2 Å². The Balaban J connectivity index is 2.26. The molecular weight excluding hydrogens is 231 g/mol. The fourth-order valence-corrected chi connectivity index (χ4v) is 2.44. The molecule has 1 aromatic rings. The molecule has 0 bridgehead atoms. The van der Waals surface area contributed by atoms with E-state index in [1.54, 1.807) is 13.0 Å². The fraction of sp³-hybridized carbons (Fsp3) is 0.571. The molecule has 1 fully saturated rings. The summed E-state index contributed by atoms with van der Waals surface area (Å²) in [7, 11) is 2.11. The first-order valence-electron chi connectivity index (χ1n) is 6.49. The highest BCUT2D eigenvalue weighted by molar-refractivity contribution is 5.55. The van der Waals surface area contributed by atoms with Gasteiger partial charge in [0.05, 0.1) is 6.10 Å². The first-order valence-corrected chi connectivity index (χ1v) is 6.49. The van der Waals surface area contributed by atoms with Gasteiger partial charge < -0.3 is 14.9 Å². The molecule has 0 saturated carbocycles. The quantitative estimate of drug-likeness (QED) is 0.872. The van der Waals surface area contributed by atoms with E-state index in [1.165, 1.54) is 12.1 Å². The fourth-order valence-electron chi connectivity index (χ4n) is 2.44. The Hall–Kier alpha value is -1.13. The molecule has 2 rings (SSSR count). The van der Waals surface area contributed by atoms with Crippen LogP contribution >= 0.6 is 0 Å². The molecule has 0 aliphatic carbocycles. The summed E-state index contributed by atoms with van der Waals surface area (Å²) in [6, 6.07) is 4.69. The van der Waals surface area contributed by atoms with Crippen LogP contribution in [0.25, 0.3) is 0 Å². The second-order valence-corrected chi connectivity index (χ2v) is 5.02. The van der Waals surface area contributed by atoms with Gasteiger partial charge in [0.1, 0.15) is 5.82 Å². The number of aliphatic hydroxyl groups excluding tert-OH is 1. The highest BCUT2D eigenvalue weighted by Crippen LogP contribution is 2.28. The molecule has 1 atom stereocenters. The number of hydrogen-bond donors (Lipinski definition) is 1. The minimum Gasteiger partial charge on any atom is -0.389 e. The zero-order valence-corrected chi connectivity index (χ0v) is 11.1. The molecule has 1 saturated heterocycles. The maximum absolute atomic E-state index is 13.3. The summed E-state index contributed by atoms with van der Waals surface area (Å²) in [5, 5.41) is 9.78. The number of benzene rings is 1. The van der Waals surface area contributed by atoms with Gasteiger partial charge in [0, 0.05) is 30.9 Å². The molecule has 1 aromatic carbocycles. The molecular formula is C14H21FN2O. The molecule has 3 nitrogen and oxygen atoms in total. The van der Waals surface area contributed by atoms with Crippen molar-refractivity contribution in [3.63, 3.8) is 0 Å². The minimum atomic E-state index is -0.642. The van der Waals surface area contributed by atoms with Gasteiger partial charge in [-0.25, -0.2) is 4.39 Å².